The Kier molecular flexibility index (Phi) is 4.28. The van der Waals surface area contributed by atoms with Crippen LogP contribution in [0.15, 0.2) is 0 Å². The van der Waals surface area contributed by atoms with Crippen LogP contribution in [0.1, 0.15) is 26.7 Å². The maximum atomic E-state index is 11.3. The molecule has 1 aliphatic rings. The fraction of sp³-hybridized carbons (Fsp3) is 0.700. The highest BCUT2D eigenvalue weighted by Crippen LogP contribution is 2.04. The average Bonchev–Trinajstić information content (AvgIpc) is 2.19. The number of nitrogens with one attached hydrogen (secondary N) is 2. The standard InChI is InChI=1S/C10H16N2O4/c1-6(2)5-16-10(15)11-7-3-4-8(13)12-9(7)14/h6-7H,3-5H2,1-2H3,(H,11,15)(H,12,13,14). The molecule has 1 heterocycles. The zero-order valence-corrected chi connectivity index (χ0v) is 9.41. The molecule has 0 aromatic heterocycles. The molecule has 0 aromatic carbocycles. The summed E-state index contributed by atoms with van der Waals surface area (Å²) in [6, 6.07) is -0.669. The molecule has 0 radical (unpaired) electrons. The normalized spacial score (nSPS) is 20.6. The molecule has 1 atom stereocenters. The van der Waals surface area contributed by atoms with E-state index in [-0.39, 0.29) is 18.2 Å². The van der Waals surface area contributed by atoms with Crippen LogP contribution >= 0.6 is 0 Å². The molecule has 0 spiro atoms. The molecule has 0 saturated carbocycles. The number of carbonyl (C=O) groups is 3. The minimum atomic E-state index is -0.669. The number of piperidine rings is 1. The van der Waals surface area contributed by atoms with Crippen molar-refractivity contribution < 1.29 is 19.1 Å². The first-order chi connectivity index (χ1) is 7.49. The van der Waals surface area contributed by atoms with Gasteiger partial charge in [0.1, 0.15) is 6.04 Å². The molecule has 0 bridgehead atoms. The Balaban J connectivity index is 2.33. The van der Waals surface area contributed by atoms with Crippen molar-refractivity contribution in [1.29, 1.82) is 0 Å². The van der Waals surface area contributed by atoms with Crippen molar-refractivity contribution in [3.05, 3.63) is 0 Å². The smallest absolute Gasteiger partial charge is 0.407 e. The largest absolute Gasteiger partial charge is 0.449 e. The van der Waals surface area contributed by atoms with Crippen LogP contribution < -0.4 is 10.6 Å². The number of rotatable bonds is 3. The summed E-state index contributed by atoms with van der Waals surface area (Å²) in [6.45, 7) is 4.14. The minimum Gasteiger partial charge on any atom is -0.449 e. The van der Waals surface area contributed by atoms with Crippen molar-refractivity contribution in [1.82, 2.24) is 10.6 Å². The van der Waals surface area contributed by atoms with Crippen LogP contribution in [0.3, 0.4) is 0 Å². The number of imide groups is 1. The van der Waals surface area contributed by atoms with Crippen LogP contribution in [0.4, 0.5) is 4.79 Å². The minimum absolute atomic E-state index is 0.237. The van der Waals surface area contributed by atoms with Crippen molar-refractivity contribution in [2.45, 2.75) is 32.7 Å². The third-order valence-corrected chi connectivity index (χ3v) is 2.08. The van der Waals surface area contributed by atoms with E-state index in [1.165, 1.54) is 0 Å². The Morgan fingerprint density at radius 2 is 2.25 bits per heavy atom. The van der Waals surface area contributed by atoms with Gasteiger partial charge in [-0.3, -0.25) is 14.9 Å². The lowest BCUT2D eigenvalue weighted by molar-refractivity contribution is -0.134. The summed E-state index contributed by atoms with van der Waals surface area (Å²) in [7, 11) is 0. The second kappa shape index (κ2) is 5.48. The fourth-order valence-electron chi connectivity index (χ4n) is 1.26. The maximum Gasteiger partial charge on any atom is 0.407 e. The van der Waals surface area contributed by atoms with Gasteiger partial charge in [0.05, 0.1) is 6.61 Å². The van der Waals surface area contributed by atoms with Crippen molar-refractivity contribution in [2.24, 2.45) is 5.92 Å². The van der Waals surface area contributed by atoms with Crippen LogP contribution in [0, 0.1) is 5.92 Å². The van der Waals surface area contributed by atoms with Crippen LogP contribution in [-0.2, 0) is 14.3 Å². The molecule has 1 rings (SSSR count). The Bertz CT molecular complexity index is 301. The highest BCUT2D eigenvalue weighted by Gasteiger charge is 2.28. The van der Waals surface area contributed by atoms with Crippen molar-refractivity contribution in [3.8, 4) is 0 Å². The molecule has 3 amide bonds. The van der Waals surface area contributed by atoms with E-state index in [2.05, 4.69) is 10.6 Å². The molecule has 1 saturated heterocycles. The number of alkyl carbamates (subject to hydrolysis) is 1. The molecular formula is C10H16N2O4. The molecule has 0 aromatic rings. The van der Waals surface area contributed by atoms with Crippen LogP contribution in [0.25, 0.3) is 0 Å². The first-order valence-electron chi connectivity index (χ1n) is 5.26. The van der Waals surface area contributed by atoms with E-state index in [0.29, 0.717) is 13.0 Å². The quantitative estimate of drug-likeness (QED) is 0.674. The number of hydrogen-bond donors (Lipinski definition) is 2. The molecular weight excluding hydrogens is 212 g/mol. The molecule has 16 heavy (non-hydrogen) atoms. The number of hydrogen-bond acceptors (Lipinski definition) is 4. The van der Waals surface area contributed by atoms with Gasteiger partial charge in [0, 0.05) is 6.42 Å². The monoisotopic (exact) mass is 228 g/mol. The van der Waals surface area contributed by atoms with E-state index >= 15 is 0 Å². The molecule has 1 aliphatic heterocycles. The van der Waals surface area contributed by atoms with Crippen molar-refractivity contribution >= 4 is 17.9 Å². The number of ether oxygens (including phenoxy) is 1. The van der Waals surface area contributed by atoms with Gasteiger partial charge in [-0.1, -0.05) is 13.8 Å². The van der Waals surface area contributed by atoms with Crippen LogP contribution in [-0.4, -0.2) is 30.6 Å². The summed E-state index contributed by atoms with van der Waals surface area (Å²) in [6.07, 6.45) is -0.0642. The molecule has 0 aliphatic carbocycles. The fourth-order valence-corrected chi connectivity index (χ4v) is 1.26. The van der Waals surface area contributed by atoms with Gasteiger partial charge >= 0.3 is 6.09 Å². The molecule has 2 N–H and O–H groups in total. The topological polar surface area (TPSA) is 84.5 Å². The van der Waals surface area contributed by atoms with Gasteiger partial charge in [0.25, 0.3) is 0 Å². The van der Waals surface area contributed by atoms with Gasteiger partial charge in [-0.05, 0) is 12.3 Å². The summed E-state index contributed by atoms with van der Waals surface area (Å²) in [5.74, 6) is -0.538. The Hall–Kier alpha value is -1.59. The summed E-state index contributed by atoms with van der Waals surface area (Å²) >= 11 is 0. The first-order valence-corrected chi connectivity index (χ1v) is 5.26. The Morgan fingerprint density at radius 3 is 2.81 bits per heavy atom. The van der Waals surface area contributed by atoms with Crippen LogP contribution in [0.2, 0.25) is 0 Å². The predicted molar refractivity (Wildman–Crippen MR) is 55.5 cm³/mol. The van der Waals surface area contributed by atoms with E-state index in [0.717, 1.165) is 0 Å². The molecule has 90 valence electrons. The van der Waals surface area contributed by atoms with Gasteiger partial charge < -0.3 is 10.1 Å². The SMILES string of the molecule is CC(C)COC(=O)NC1CCC(=O)NC1=O. The highest BCUT2D eigenvalue weighted by atomic mass is 16.5. The molecule has 6 nitrogen and oxygen atoms in total. The number of carbonyl (C=O) groups excluding carboxylic acids is 3. The first kappa shape index (κ1) is 12.5. The van der Waals surface area contributed by atoms with Crippen molar-refractivity contribution in [2.75, 3.05) is 6.61 Å². The third-order valence-electron chi connectivity index (χ3n) is 2.08. The lowest BCUT2D eigenvalue weighted by Crippen LogP contribution is -2.52. The zero-order valence-electron chi connectivity index (χ0n) is 9.41. The maximum absolute atomic E-state index is 11.3. The predicted octanol–water partition coefficient (Wildman–Crippen LogP) is 0.174. The van der Waals surface area contributed by atoms with E-state index < -0.39 is 18.0 Å². The van der Waals surface area contributed by atoms with E-state index in [9.17, 15) is 14.4 Å². The molecule has 1 fully saturated rings. The number of amides is 3. The van der Waals surface area contributed by atoms with Crippen LogP contribution in [0.5, 0.6) is 0 Å². The Labute approximate surface area is 93.7 Å². The Morgan fingerprint density at radius 1 is 1.56 bits per heavy atom. The summed E-state index contributed by atoms with van der Waals surface area (Å²) in [5, 5.41) is 4.57. The van der Waals surface area contributed by atoms with Gasteiger partial charge in [0.2, 0.25) is 11.8 Å². The average molecular weight is 228 g/mol. The van der Waals surface area contributed by atoms with Gasteiger partial charge in [-0.15, -0.1) is 0 Å². The van der Waals surface area contributed by atoms with Crippen molar-refractivity contribution in [3.63, 3.8) is 0 Å². The highest BCUT2D eigenvalue weighted by molar-refractivity contribution is 6.01. The van der Waals surface area contributed by atoms with Gasteiger partial charge in [-0.25, -0.2) is 4.79 Å². The van der Waals surface area contributed by atoms with Gasteiger partial charge in [-0.2, -0.15) is 0 Å². The van der Waals surface area contributed by atoms with E-state index in [1.807, 2.05) is 13.8 Å². The lowest BCUT2D eigenvalue weighted by atomic mass is 10.1. The second-order valence-electron chi connectivity index (χ2n) is 4.14. The van der Waals surface area contributed by atoms with E-state index in [1.54, 1.807) is 0 Å². The summed E-state index contributed by atoms with van der Waals surface area (Å²) in [5.41, 5.74) is 0. The molecule has 6 heteroatoms. The molecule has 1 unspecified atom stereocenters. The third kappa shape index (κ3) is 3.88. The second-order valence-corrected chi connectivity index (χ2v) is 4.14. The lowest BCUT2D eigenvalue weighted by Gasteiger charge is -2.21. The summed E-state index contributed by atoms with van der Waals surface area (Å²) in [4.78, 5) is 33.4. The van der Waals surface area contributed by atoms with Gasteiger partial charge in [0.15, 0.2) is 0 Å². The van der Waals surface area contributed by atoms with E-state index in [4.69, 9.17) is 4.74 Å². The summed E-state index contributed by atoms with van der Waals surface area (Å²) < 4.78 is 4.87. The zero-order chi connectivity index (χ0) is 12.1.